The van der Waals surface area contributed by atoms with Crippen LogP contribution < -0.4 is 5.73 Å². The predicted octanol–water partition coefficient (Wildman–Crippen LogP) is 4.18. The highest BCUT2D eigenvalue weighted by molar-refractivity contribution is 7.98. The maximum absolute atomic E-state index is 5.96. The van der Waals surface area contributed by atoms with Crippen molar-refractivity contribution in [2.24, 2.45) is 0 Å². The Hall–Kier alpha value is -1.59. The Labute approximate surface area is 126 Å². The number of thioether (sulfide) groups is 1. The number of aromatic nitrogens is 2. The summed E-state index contributed by atoms with van der Waals surface area (Å²) in [5.74, 6) is 1.43. The first kappa shape index (κ1) is 13.4. The second-order valence-electron chi connectivity index (χ2n) is 4.74. The Morgan fingerprint density at radius 2 is 2.00 bits per heavy atom. The molecule has 0 amide bonds. The van der Waals surface area contributed by atoms with Crippen LogP contribution in [0.1, 0.15) is 16.7 Å². The summed E-state index contributed by atoms with van der Waals surface area (Å²) in [7, 11) is 0. The predicted molar refractivity (Wildman–Crippen MR) is 87.3 cm³/mol. The summed E-state index contributed by atoms with van der Waals surface area (Å²) in [5.41, 5.74) is 9.88. The normalized spacial score (nSPS) is 11.1. The zero-order valence-corrected chi connectivity index (χ0v) is 13.0. The van der Waals surface area contributed by atoms with Gasteiger partial charge in [0.25, 0.3) is 0 Å². The van der Waals surface area contributed by atoms with E-state index in [-0.39, 0.29) is 0 Å². The van der Waals surface area contributed by atoms with E-state index in [1.807, 2.05) is 11.4 Å². The molecule has 2 aromatic heterocycles. The van der Waals surface area contributed by atoms with Gasteiger partial charge in [-0.15, -0.1) is 11.3 Å². The van der Waals surface area contributed by atoms with Crippen molar-refractivity contribution in [1.82, 2.24) is 9.97 Å². The van der Waals surface area contributed by atoms with Crippen LogP contribution in [-0.2, 0) is 5.75 Å². The van der Waals surface area contributed by atoms with Gasteiger partial charge in [-0.05, 0) is 42.0 Å². The zero-order chi connectivity index (χ0) is 14.1. The highest BCUT2D eigenvalue weighted by atomic mass is 32.2. The molecular weight excluding hydrogens is 286 g/mol. The van der Waals surface area contributed by atoms with Crippen molar-refractivity contribution in [3.05, 3.63) is 46.3 Å². The highest BCUT2D eigenvalue weighted by Crippen LogP contribution is 2.28. The minimum absolute atomic E-state index is 0.568. The molecule has 1 aromatic carbocycles. The third kappa shape index (κ3) is 2.64. The number of nitrogens with two attached hydrogens (primary N) is 1. The average molecular weight is 301 g/mol. The minimum Gasteiger partial charge on any atom is -0.383 e. The van der Waals surface area contributed by atoms with Gasteiger partial charge in [0.1, 0.15) is 10.6 Å². The molecule has 0 bridgehead atoms. The lowest BCUT2D eigenvalue weighted by molar-refractivity contribution is 1.02. The average Bonchev–Trinajstić information content (AvgIpc) is 2.89. The molecular formula is C15H15N3S2. The summed E-state index contributed by atoms with van der Waals surface area (Å²) in [4.78, 5) is 9.86. The van der Waals surface area contributed by atoms with Gasteiger partial charge >= 0.3 is 0 Å². The largest absolute Gasteiger partial charge is 0.383 e. The molecule has 0 saturated heterocycles. The van der Waals surface area contributed by atoms with E-state index in [0.717, 1.165) is 21.1 Å². The van der Waals surface area contributed by atoms with E-state index >= 15 is 0 Å². The molecule has 0 spiro atoms. The quantitative estimate of drug-likeness (QED) is 0.582. The maximum atomic E-state index is 5.96. The lowest BCUT2D eigenvalue weighted by Crippen LogP contribution is -1.95. The number of thiophene rings is 1. The highest BCUT2D eigenvalue weighted by Gasteiger charge is 2.07. The molecule has 0 unspecified atom stereocenters. The van der Waals surface area contributed by atoms with Gasteiger partial charge in [0.2, 0.25) is 0 Å². The molecule has 2 heterocycles. The van der Waals surface area contributed by atoms with Crippen molar-refractivity contribution in [2.75, 3.05) is 5.73 Å². The number of anilines is 1. The van der Waals surface area contributed by atoms with Crippen LogP contribution in [0.2, 0.25) is 0 Å². The van der Waals surface area contributed by atoms with Gasteiger partial charge in [-0.25, -0.2) is 9.97 Å². The third-order valence-electron chi connectivity index (χ3n) is 3.27. The number of nitrogens with zero attached hydrogens (tertiary/aromatic N) is 2. The summed E-state index contributed by atoms with van der Waals surface area (Å²) in [6.45, 7) is 4.26. The molecule has 0 aliphatic rings. The van der Waals surface area contributed by atoms with Crippen molar-refractivity contribution in [1.29, 1.82) is 0 Å². The van der Waals surface area contributed by atoms with Crippen molar-refractivity contribution >= 4 is 39.1 Å². The van der Waals surface area contributed by atoms with E-state index in [9.17, 15) is 0 Å². The SMILES string of the molecule is Cc1ccc(CSc2nc(N)c3ccsc3n2)cc1C. The lowest BCUT2D eigenvalue weighted by atomic mass is 10.1. The molecule has 0 saturated carbocycles. The van der Waals surface area contributed by atoms with Crippen molar-refractivity contribution < 1.29 is 0 Å². The van der Waals surface area contributed by atoms with E-state index in [2.05, 4.69) is 42.0 Å². The number of rotatable bonds is 3. The first-order valence-corrected chi connectivity index (χ1v) is 8.19. The fraction of sp³-hybridized carbons (Fsp3) is 0.200. The molecule has 3 nitrogen and oxygen atoms in total. The van der Waals surface area contributed by atoms with Gasteiger partial charge in [0, 0.05) is 5.75 Å². The summed E-state index contributed by atoms with van der Waals surface area (Å²) >= 11 is 3.22. The van der Waals surface area contributed by atoms with Gasteiger partial charge < -0.3 is 5.73 Å². The fourth-order valence-corrected chi connectivity index (χ4v) is 3.59. The van der Waals surface area contributed by atoms with Crippen molar-refractivity contribution in [2.45, 2.75) is 24.8 Å². The number of nitrogen functional groups attached to an aromatic ring is 1. The molecule has 0 fully saturated rings. The monoisotopic (exact) mass is 301 g/mol. The van der Waals surface area contributed by atoms with Crippen LogP contribution in [-0.4, -0.2) is 9.97 Å². The van der Waals surface area contributed by atoms with Crippen LogP contribution in [0.25, 0.3) is 10.2 Å². The van der Waals surface area contributed by atoms with Crippen LogP contribution in [0.5, 0.6) is 0 Å². The van der Waals surface area contributed by atoms with Crippen LogP contribution in [0.4, 0.5) is 5.82 Å². The first-order chi connectivity index (χ1) is 9.63. The molecule has 3 aromatic rings. The molecule has 0 aliphatic carbocycles. The number of hydrogen-bond donors (Lipinski definition) is 1. The van der Waals surface area contributed by atoms with Crippen LogP contribution in [0, 0.1) is 13.8 Å². The number of fused-ring (bicyclic) bond motifs is 1. The molecule has 2 N–H and O–H groups in total. The Morgan fingerprint density at radius 1 is 1.15 bits per heavy atom. The Bertz CT molecular complexity index is 765. The van der Waals surface area contributed by atoms with E-state index in [0.29, 0.717) is 5.82 Å². The number of hydrogen-bond acceptors (Lipinski definition) is 5. The van der Waals surface area contributed by atoms with Crippen molar-refractivity contribution in [3.8, 4) is 0 Å². The summed E-state index contributed by atoms with van der Waals surface area (Å²) in [5, 5.41) is 3.69. The van der Waals surface area contributed by atoms with Gasteiger partial charge in [0.15, 0.2) is 5.16 Å². The van der Waals surface area contributed by atoms with Gasteiger partial charge in [-0.2, -0.15) is 0 Å². The molecule has 20 heavy (non-hydrogen) atoms. The van der Waals surface area contributed by atoms with E-state index in [4.69, 9.17) is 5.73 Å². The van der Waals surface area contributed by atoms with E-state index < -0.39 is 0 Å². The third-order valence-corrected chi connectivity index (χ3v) is 5.00. The Kier molecular flexibility index (Phi) is 3.63. The number of aryl methyl sites for hydroxylation is 2. The molecule has 0 atom stereocenters. The minimum atomic E-state index is 0.568. The molecule has 0 aliphatic heterocycles. The van der Waals surface area contributed by atoms with Crippen molar-refractivity contribution in [3.63, 3.8) is 0 Å². The van der Waals surface area contributed by atoms with E-state index in [1.54, 1.807) is 23.1 Å². The molecule has 3 rings (SSSR count). The lowest BCUT2D eigenvalue weighted by Gasteiger charge is -2.05. The summed E-state index contributed by atoms with van der Waals surface area (Å²) < 4.78 is 0. The van der Waals surface area contributed by atoms with Crippen LogP contribution in [0.15, 0.2) is 34.8 Å². The fourth-order valence-electron chi connectivity index (χ4n) is 1.96. The van der Waals surface area contributed by atoms with Crippen LogP contribution >= 0.6 is 23.1 Å². The topological polar surface area (TPSA) is 51.8 Å². The summed E-state index contributed by atoms with van der Waals surface area (Å²) in [6.07, 6.45) is 0. The zero-order valence-electron chi connectivity index (χ0n) is 11.4. The van der Waals surface area contributed by atoms with Gasteiger partial charge in [-0.1, -0.05) is 30.0 Å². The second-order valence-corrected chi connectivity index (χ2v) is 6.58. The van der Waals surface area contributed by atoms with Gasteiger partial charge in [0.05, 0.1) is 5.39 Å². The Morgan fingerprint density at radius 3 is 2.80 bits per heavy atom. The second kappa shape index (κ2) is 5.42. The smallest absolute Gasteiger partial charge is 0.191 e. The number of benzene rings is 1. The van der Waals surface area contributed by atoms with Crippen LogP contribution in [0.3, 0.4) is 0 Å². The van der Waals surface area contributed by atoms with E-state index in [1.165, 1.54) is 16.7 Å². The van der Waals surface area contributed by atoms with Gasteiger partial charge in [-0.3, -0.25) is 0 Å². The first-order valence-electron chi connectivity index (χ1n) is 6.33. The summed E-state index contributed by atoms with van der Waals surface area (Å²) in [6, 6.07) is 8.49. The Balaban J connectivity index is 1.80. The standard InChI is InChI=1S/C15H15N3S2/c1-9-3-4-11(7-10(9)2)8-20-15-17-13(16)12-5-6-19-14(12)18-15/h3-7H,8H2,1-2H3,(H2,16,17,18). The molecule has 0 radical (unpaired) electrons. The maximum Gasteiger partial charge on any atom is 0.191 e. The molecule has 102 valence electrons. The molecule has 5 heteroatoms.